The molecule has 4 N–H and O–H groups in total. The second-order valence-corrected chi connectivity index (χ2v) is 4.51. The molecule has 2 rings (SSSR count). The maximum atomic E-state index is 11.0. The summed E-state index contributed by atoms with van der Waals surface area (Å²) in [6.45, 7) is 0.570. The predicted octanol–water partition coefficient (Wildman–Crippen LogP) is 1.67. The number of carboxylic acid groups (broad SMARTS) is 1. The minimum absolute atomic E-state index is 0.375. The second-order valence-electron chi connectivity index (χ2n) is 4.51. The molecule has 0 aliphatic rings. The smallest absolute Gasteiger partial charge is 0.376 e. The Hall–Kier alpha value is -3.02. The first-order valence-electron chi connectivity index (χ1n) is 6.14. The molecule has 0 radical (unpaired) electrons. The Labute approximate surface area is 120 Å². The highest BCUT2D eigenvalue weighted by Gasteiger charge is 2.11. The van der Waals surface area contributed by atoms with Crippen molar-refractivity contribution in [2.24, 2.45) is 0 Å². The van der Waals surface area contributed by atoms with E-state index in [1.54, 1.807) is 35.2 Å². The van der Waals surface area contributed by atoms with Crippen molar-refractivity contribution in [1.29, 1.82) is 0 Å². The summed E-state index contributed by atoms with van der Waals surface area (Å²) in [4.78, 5) is 21.4. The molecule has 0 fully saturated rings. The van der Waals surface area contributed by atoms with E-state index >= 15 is 0 Å². The Morgan fingerprint density at radius 1 is 1.14 bits per heavy atom. The van der Waals surface area contributed by atoms with E-state index < -0.39 is 11.8 Å². The molecule has 0 atom stereocenters. The molecular formula is C15H14N2O4. The number of nitrogen functional groups attached to an aromatic ring is 1. The molecule has 0 bridgehead atoms. The van der Waals surface area contributed by atoms with Crippen molar-refractivity contribution in [1.82, 2.24) is 4.57 Å². The van der Waals surface area contributed by atoms with Gasteiger partial charge in [-0.15, -0.1) is 0 Å². The van der Waals surface area contributed by atoms with E-state index in [2.05, 4.69) is 0 Å². The van der Waals surface area contributed by atoms with E-state index in [-0.39, 0.29) is 5.76 Å². The fraction of sp³-hybridized carbons (Fsp3) is 0.0667. The van der Waals surface area contributed by atoms with E-state index in [0.717, 1.165) is 5.56 Å². The third-order valence-electron chi connectivity index (χ3n) is 2.87. The molecule has 108 valence electrons. The molecule has 0 saturated heterocycles. The van der Waals surface area contributed by atoms with Gasteiger partial charge in [-0.2, -0.15) is 0 Å². The van der Waals surface area contributed by atoms with Crippen molar-refractivity contribution < 1.29 is 19.8 Å². The van der Waals surface area contributed by atoms with Crippen LogP contribution < -0.4 is 5.73 Å². The highest BCUT2D eigenvalue weighted by Crippen LogP contribution is 2.14. The van der Waals surface area contributed by atoms with Crippen LogP contribution in [0, 0.1) is 0 Å². The minimum Gasteiger partial charge on any atom is -0.507 e. The fourth-order valence-corrected chi connectivity index (χ4v) is 1.79. The maximum absolute atomic E-state index is 11.0. The number of aliphatic carboxylic acids is 1. The van der Waals surface area contributed by atoms with Gasteiger partial charge in [0.05, 0.1) is 0 Å². The van der Waals surface area contributed by atoms with Gasteiger partial charge < -0.3 is 20.5 Å². The molecule has 1 heterocycles. The number of carbonyl (C=O) groups excluding carboxylic acids is 1. The highest BCUT2D eigenvalue weighted by atomic mass is 16.4. The minimum atomic E-state index is -1.61. The van der Waals surface area contributed by atoms with Gasteiger partial charge in [-0.3, -0.25) is 4.79 Å². The summed E-state index contributed by atoms with van der Waals surface area (Å²) in [5.74, 6) is -3.15. The Bertz CT molecular complexity index is 699. The van der Waals surface area contributed by atoms with Crippen LogP contribution in [0.2, 0.25) is 0 Å². The van der Waals surface area contributed by atoms with Gasteiger partial charge in [0.25, 0.3) is 5.78 Å². The van der Waals surface area contributed by atoms with E-state index in [9.17, 15) is 14.7 Å². The molecule has 0 amide bonds. The number of aromatic nitrogens is 1. The molecule has 0 spiro atoms. The van der Waals surface area contributed by atoms with Crippen molar-refractivity contribution in [3.05, 3.63) is 59.9 Å². The number of hydrogen-bond donors (Lipinski definition) is 3. The number of rotatable bonds is 5. The van der Waals surface area contributed by atoms with Gasteiger partial charge in [0.2, 0.25) is 0 Å². The molecule has 6 heteroatoms. The van der Waals surface area contributed by atoms with Crippen LogP contribution >= 0.6 is 0 Å². The molecular weight excluding hydrogens is 272 g/mol. The number of nitrogens with zero attached hydrogens (tertiary/aromatic N) is 1. The average Bonchev–Trinajstić information content (AvgIpc) is 2.90. The van der Waals surface area contributed by atoms with Crippen LogP contribution in [0.15, 0.2) is 48.8 Å². The molecule has 6 nitrogen and oxygen atoms in total. The first kappa shape index (κ1) is 14.4. The normalized spacial score (nSPS) is 11.3. The van der Waals surface area contributed by atoms with Crippen molar-refractivity contribution in [3.63, 3.8) is 0 Å². The number of carboxylic acids is 1. The monoisotopic (exact) mass is 286 g/mol. The maximum Gasteiger partial charge on any atom is 0.376 e. The van der Waals surface area contributed by atoms with Crippen LogP contribution in [0.3, 0.4) is 0 Å². The Balaban J connectivity index is 2.12. The number of nitrogens with two attached hydrogens (primary N) is 1. The second kappa shape index (κ2) is 5.96. The topological polar surface area (TPSA) is 106 Å². The zero-order valence-corrected chi connectivity index (χ0v) is 11.1. The van der Waals surface area contributed by atoms with Crippen molar-refractivity contribution in [2.75, 3.05) is 5.73 Å². The van der Waals surface area contributed by atoms with E-state index in [1.165, 1.54) is 0 Å². The summed E-state index contributed by atoms with van der Waals surface area (Å²) in [7, 11) is 0. The zero-order valence-electron chi connectivity index (χ0n) is 11.1. The molecule has 0 aliphatic heterocycles. The third kappa shape index (κ3) is 3.73. The number of ketones is 1. The lowest BCUT2D eigenvalue weighted by molar-refractivity contribution is -0.146. The number of hydrogen-bond acceptors (Lipinski definition) is 4. The lowest BCUT2D eigenvalue weighted by Gasteiger charge is -2.03. The summed E-state index contributed by atoms with van der Waals surface area (Å²) >= 11 is 0. The summed E-state index contributed by atoms with van der Waals surface area (Å²) in [6.07, 6.45) is 4.03. The van der Waals surface area contributed by atoms with Crippen LogP contribution in [0.1, 0.15) is 11.1 Å². The van der Waals surface area contributed by atoms with Gasteiger partial charge >= 0.3 is 5.97 Å². The van der Waals surface area contributed by atoms with Gasteiger partial charge in [-0.1, -0.05) is 12.1 Å². The first-order valence-corrected chi connectivity index (χ1v) is 6.14. The van der Waals surface area contributed by atoms with E-state index in [4.69, 9.17) is 10.8 Å². The molecule has 0 unspecified atom stereocenters. The summed E-state index contributed by atoms with van der Waals surface area (Å²) in [5.41, 5.74) is 7.69. The fourth-order valence-electron chi connectivity index (χ4n) is 1.79. The van der Waals surface area contributed by atoms with E-state index in [0.29, 0.717) is 23.9 Å². The van der Waals surface area contributed by atoms with Crippen molar-refractivity contribution in [3.8, 4) is 0 Å². The van der Waals surface area contributed by atoms with Gasteiger partial charge in [-0.25, -0.2) is 4.79 Å². The lowest BCUT2D eigenvalue weighted by Crippen LogP contribution is -2.09. The Kier molecular flexibility index (Phi) is 4.08. The molecule has 1 aromatic carbocycles. The Morgan fingerprint density at radius 3 is 2.43 bits per heavy atom. The number of aliphatic hydroxyl groups is 1. The van der Waals surface area contributed by atoms with Crippen LogP contribution in [0.25, 0.3) is 5.76 Å². The SMILES string of the molecule is Nc1ccc(Cn2ccc(C(O)=CC(=O)C(=O)O)c2)cc1. The molecule has 0 aliphatic carbocycles. The van der Waals surface area contributed by atoms with Crippen LogP contribution in [0.4, 0.5) is 5.69 Å². The zero-order chi connectivity index (χ0) is 15.4. The number of aliphatic hydroxyl groups excluding tert-OH is 1. The lowest BCUT2D eigenvalue weighted by atomic mass is 10.2. The largest absolute Gasteiger partial charge is 0.507 e. The predicted molar refractivity (Wildman–Crippen MR) is 77.6 cm³/mol. The van der Waals surface area contributed by atoms with E-state index in [1.807, 2.05) is 12.1 Å². The average molecular weight is 286 g/mol. The van der Waals surface area contributed by atoms with Crippen LogP contribution in [-0.2, 0) is 16.1 Å². The summed E-state index contributed by atoms with van der Waals surface area (Å²) in [5, 5.41) is 18.2. The molecule has 2 aromatic rings. The van der Waals surface area contributed by atoms with Gasteiger partial charge in [0.15, 0.2) is 0 Å². The third-order valence-corrected chi connectivity index (χ3v) is 2.87. The van der Waals surface area contributed by atoms with Gasteiger partial charge in [0.1, 0.15) is 5.76 Å². The first-order chi connectivity index (χ1) is 9.95. The quantitative estimate of drug-likeness (QED) is 0.335. The molecule has 1 aromatic heterocycles. The van der Waals surface area contributed by atoms with Gasteiger partial charge in [0, 0.05) is 36.3 Å². The Morgan fingerprint density at radius 2 is 1.81 bits per heavy atom. The van der Waals surface area contributed by atoms with Crippen molar-refractivity contribution >= 4 is 23.2 Å². The molecule has 21 heavy (non-hydrogen) atoms. The standard InChI is InChI=1S/C15H14N2O4/c16-12-3-1-10(2-4-12)8-17-6-5-11(9-17)13(18)7-14(19)15(20)21/h1-7,9,18H,8,16H2,(H,20,21). The number of anilines is 1. The molecule has 0 saturated carbocycles. The number of carbonyl (C=O) groups is 2. The van der Waals surface area contributed by atoms with Gasteiger partial charge in [-0.05, 0) is 23.8 Å². The summed E-state index contributed by atoms with van der Waals surface area (Å²) < 4.78 is 1.80. The van der Waals surface area contributed by atoms with Crippen LogP contribution in [-0.4, -0.2) is 26.5 Å². The number of benzene rings is 1. The highest BCUT2D eigenvalue weighted by molar-refractivity contribution is 6.38. The summed E-state index contributed by atoms with van der Waals surface area (Å²) in [6, 6.07) is 8.96. The van der Waals surface area contributed by atoms with Crippen molar-refractivity contribution in [2.45, 2.75) is 6.54 Å². The van der Waals surface area contributed by atoms with Crippen LogP contribution in [0.5, 0.6) is 0 Å².